The standard InChI is InChI=1S/C20H20ClF5N2O2/c21-15-2-1-3-16-17(15)14(8-28(16)13-9-30-10-13)18(29)27-7-11-4-12(20(24,25)26)6-19(22,23)5-11/h1-3,8,11-13H,4-7,9-10H2,(H,27,29). The summed E-state index contributed by atoms with van der Waals surface area (Å²) in [6, 6.07) is 5.25. The van der Waals surface area contributed by atoms with Gasteiger partial charge in [0.25, 0.3) is 5.91 Å². The normalized spacial score (nSPS) is 24.6. The number of rotatable bonds is 4. The number of benzene rings is 1. The van der Waals surface area contributed by atoms with Crippen molar-refractivity contribution in [2.45, 2.75) is 37.4 Å². The molecule has 2 atom stereocenters. The molecule has 0 spiro atoms. The smallest absolute Gasteiger partial charge is 0.377 e. The number of halogens is 6. The fraction of sp³-hybridized carbons (Fsp3) is 0.550. The second kappa shape index (κ2) is 7.67. The zero-order chi connectivity index (χ0) is 21.7. The van der Waals surface area contributed by atoms with E-state index in [1.165, 1.54) is 0 Å². The molecule has 2 fully saturated rings. The summed E-state index contributed by atoms with van der Waals surface area (Å²) in [5.41, 5.74) is 1.000. The van der Waals surface area contributed by atoms with Crippen molar-refractivity contribution in [2.75, 3.05) is 19.8 Å². The molecule has 1 saturated heterocycles. The molecule has 2 aromatic rings. The second-order valence-electron chi connectivity index (χ2n) is 8.09. The van der Waals surface area contributed by atoms with Gasteiger partial charge >= 0.3 is 6.18 Å². The predicted molar refractivity (Wildman–Crippen MR) is 101 cm³/mol. The Morgan fingerprint density at radius 1 is 1.27 bits per heavy atom. The van der Waals surface area contributed by atoms with Crippen molar-refractivity contribution in [1.29, 1.82) is 0 Å². The highest BCUT2D eigenvalue weighted by molar-refractivity contribution is 6.36. The largest absolute Gasteiger partial charge is 0.392 e. The maximum absolute atomic E-state index is 13.8. The van der Waals surface area contributed by atoms with Crippen LogP contribution in [0.2, 0.25) is 5.02 Å². The minimum Gasteiger partial charge on any atom is -0.377 e. The lowest BCUT2D eigenvalue weighted by Gasteiger charge is -2.35. The van der Waals surface area contributed by atoms with Crippen molar-refractivity contribution >= 4 is 28.4 Å². The van der Waals surface area contributed by atoms with Gasteiger partial charge in [0.05, 0.1) is 41.3 Å². The number of ether oxygens (including phenoxy) is 1. The van der Waals surface area contributed by atoms with E-state index < -0.39 is 49.1 Å². The van der Waals surface area contributed by atoms with Crippen LogP contribution >= 0.6 is 11.6 Å². The fourth-order valence-corrected chi connectivity index (χ4v) is 4.57. The molecular weight excluding hydrogens is 431 g/mol. The van der Waals surface area contributed by atoms with Crippen LogP contribution in [0.4, 0.5) is 22.0 Å². The topological polar surface area (TPSA) is 43.3 Å². The Bertz CT molecular complexity index is 955. The molecule has 1 aromatic heterocycles. The zero-order valence-corrected chi connectivity index (χ0v) is 16.6. The Balaban J connectivity index is 1.52. The number of alkyl halides is 5. The van der Waals surface area contributed by atoms with E-state index in [1.807, 2.05) is 10.6 Å². The van der Waals surface area contributed by atoms with Crippen molar-refractivity contribution in [3.05, 3.63) is 35.0 Å². The van der Waals surface area contributed by atoms with Gasteiger partial charge in [-0.15, -0.1) is 0 Å². The molecule has 1 aliphatic heterocycles. The highest BCUT2D eigenvalue weighted by Gasteiger charge is 2.51. The molecule has 164 valence electrons. The van der Waals surface area contributed by atoms with E-state index in [9.17, 15) is 26.7 Å². The van der Waals surface area contributed by atoms with Crippen molar-refractivity contribution in [2.24, 2.45) is 11.8 Å². The molecule has 30 heavy (non-hydrogen) atoms. The number of aromatic nitrogens is 1. The number of amides is 1. The monoisotopic (exact) mass is 450 g/mol. The Morgan fingerprint density at radius 2 is 2.00 bits per heavy atom. The van der Waals surface area contributed by atoms with E-state index in [0.29, 0.717) is 23.6 Å². The molecule has 10 heteroatoms. The van der Waals surface area contributed by atoms with Crippen LogP contribution in [-0.4, -0.2) is 42.3 Å². The Hall–Kier alpha value is -1.87. The van der Waals surface area contributed by atoms with Gasteiger partial charge in [0.2, 0.25) is 5.92 Å². The van der Waals surface area contributed by atoms with Crippen molar-refractivity contribution in [3.8, 4) is 0 Å². The molecule has 1 saturated carbocycles. The number of hydrogen-bond donors (Lipinski definition) is 1. The third kappa shape index (κ3) is 4.14. The van der Waals surface area contributed by atoms with Gasteiger partial charge in [-0.3, -0.25) is 4.79 Å². The van der Waals surface area contributed by atoms with Crippen molar-refractivity contribution < 1.29 is 31.5 Å². The zero-order valence-electron chi connectivity index (χ0n) is 15.8. The maximum Gasteiger partial charge on any atom is 0.392 e. The molecule has 0 bridgehead atoms. The van der Waals surface area contributed by atoms with Gasteiger partial charge in [0.1, 0.15) is 0 Å². The van der Waals surface area contributed by atoms with Gasteiger partial charge in [0.15, 0.2) is 0 Å². The minimum absolute atomic E-state index is 0.0529. The Kier molecular flexibility index (Phi) is 5.47. The SMILES string of the molecule is O=C(NCC1CC(C(F)(F)F)CC(F)(F)C1)c1cn(C2COC2)c2cccc(Cl)c12. The molecule has 0 radical (unpaired) electrons. The summed E-state index contributed by atoms with van der Waals surface area (Å²) in [5, 5.41) is 3.42. The third-order valence-electron chi connectivity index (χ3n) is 5.83. The van der Waals surface area contributed by atoms with Crippen LogP contribution in [0.3, 0.4) is 0 Å². The molecule has 2 unspecified atom stereocenters. The molecule has 2 aliphatic rings. The molecule has 4 rings (SSSR count). The van der Waals surface area contributed by atoms with Crippen molar-refractivity contribution in [3.63, 3.8) is 0 Å². The number of carbonyl (C=O) groups excluding carboxylic acids is 1. The average Bonchev–Trinajstić information content (AvgIpc) is 2.97. The number of fused-ring (bicyclic) bond motifs is 1. The molecule has 1 aromatic carbocycles. The van der Waals surface area contributed by atoms with Gasteiger partial charge in [-0.25, -0.2) is 8.78 Å². The number of nitrogens with one attached hydrogen (secondary N) is 1. The summed E-state index contributed by atoms with van der Waals surface area (Å²) in [4.78, 5) is 12.8. The lowest BCUT2D eigenvalue weighted by atomic mass is 9.78. The minimum atomic E-state index is -4.68. The van der Waals surface area contributed by atoms with E-state index in [-0.39, 0.29) is 18.2 Å². The molecule has 4 nitrogen and oxygen atoms in total. The fourth-order valence-electron chi connectivity index (χ4n) is 4.30. The van der Waals surface area contributed by atoms with Crippen molar-refractivity contribution in [1.82, 2.24) is 9.88 Å². The summed E-state index contributed by atoms with van der Waals surface area (Å²) in [6.45, 7) is 0.728. The van der Waals surface area contributed by atoms with E-state index in [1.54, 1.807) is 18.3 Å². The Labute approximate surface area is 174 Å². The predicted octanol–water partition coefficient (Wildman–Crippen LogP) is 5.21. The van der Waals surface area contributed by atoms with Crippen LogP contribution in [0.1, 0.15) is 35.7 Å². The first-order chi connectivity index (χ1) is 14.0. The van der Waals surface area contributed by atoms with Crippen LogP contribution in [0.5, 0.6) is 0 Å². The molecular formula is C20H20ClF5N2O2. The average molecular weight is 451 g/mol. The Morgan fingerprint density at radius 3 is 2.63 bits per heavy atom. The van der Waals surface area contributed by atoms with E-state index in [0.717, 1.165) is 5.52 Å². The highest BCUT2D eigenvalue weighted by atomic mass is 35.5. The quantitative estimate of drug-likeness (QED) is 0.650. The molecule has 1 aliphatic carbocycles. The van der Waals surface area contributed by atoms with Gasteiger partial charge < -0.3 is 14.6 Å². The van der Waals surface area contributed by atoms with Gasteiger partial charge in [-0.1, -0.05) is 17.7 Å². The first-order valence-corrected chi connectivity index (χ1v) is 10.0. The van der Waals surface area contributed by atoms with E-state index in [4.69, 9.17) is 16.3 Å². The van der Waals surface area contributed by atoms with Crippen LogP contribution in [0.25, 0.3) is 10.9 Å². The molecule has 2 heterocycles. The summed E-state index contributed by atoms with van der Waals surface area (Å²) in [6.07, 6.45) is -5.36. The highest BCUT2D eigenvalue weighted by Crippen LogP contribution is 2.46. The molecule has 1 N–H and O–H groups in total. The van der Waals surface area contributed by atoms with E-state index >= 15 is 0 Å². The first kappa shape index (κ1) is 21.4. The molecule has 1 amide bonds. The maximum atomic E-state index is 13.8. The lowest BCUT2D eigenvalue weighted by Crippen LogP contribution is -2.42. The summed E-state index contributed by atoms with van der Waals surface area (Å²) >= 11 is 6.29. The van der Waals surface area contributed by atoms with Crippen LogP contribution in [0.15, 0.2) is 24.4 Å². The second-order valence-corrected chi connectivity index (χ2v) is 8.50. The third-order valence-corrected chi connectivity index (χ3v) is 6.15. The van der Waals surface area contributed by atoms with Gasteiger partial charge in [-0.05, 0) is 24.5 Å². The number of carbonyl (C=O) groups is 1. The van der Waals surface area contributed by atoms with Gasteiger partial charge in [-0.2, -0.15) is 13.2 Å². The lowest BCUT2D eigenvalue weighted by molar-refractivity contribution is -0.213. The first-order valence-electron chi connectivity index (χ1n) is 9.65. The summed E-state index contributed by atoms with van der Waals surface area (Å²) in [5.74, 6) is -6.99. The van der Waals surface area contributed by atoms with E-state index in [2.05, 4.69) is 5.32 Å². The number of nitrogens with zero attached hydrogens (tertiary/aromatic N) is 1. The summed E-state index contributed by atoms with van der Waals surface area (Å²) < 4.78 is 73.8. The van der Waals surface area contributed by atoms with Gasteiger partial charge in [0, 0.05) is 31.0 Å². The summed E-state index contributed by atoms with van der Waals surface area (Å²) in [7, 11) is 0. The van der Waals surface area contributed by atoms with Crippen LogP contribution in [-0.2, 0) is 4.74 Å². The number of hydrogen-bond acceptors (Lipinski definition) is 2. The van der Waals surface area contributed by atoms with Crippen LogP contribution < -0.4 is 5.32 Å². The van der Waals surface area contributed by atoms with Crippen LogP contribution in [0, 0.1) is 11.8 Å².